The highest BCUT2D eigenvalue weighted by Gasteiger charge is 2.16. The maximum atomic E-state index is 12.5. The molecular weight excluding hydrogens is 400 g/mol. The number of benzene rings is 1. The smallest absolute Gasteiger partial charge is 0.255 e. The molecule has 1 atom stereocenters. The molecule has 3 heterocycles. The van der Waals surface area contributed by atoms with Crippen LogP contribution in [0.3, 0.4) is 0 Å². The number of anilines is 2. The van der Waals surface area contributed by atoms with Crippen LogP contribution in [-0.4, -0.2) is 30.1 Å². The van der Waals surface area contributed by atoms with Crippen LogP contribution in [0.1, 0.15) is 28.1 Å². The van der Waals surface area contributed by atoms with Crippen LogP contribution in [0.4, 0.5) is 11.6 Å². The SMILES string of the molecule is Nc1nc(NC[C@H]2CCCO2)ccc1C(=O)NCc1ccc(Oc2ccccc2)s1. The predicted molar refractivity (Wildman–Crippen MR) is 118 cm³/mol. The van der Waals surface area contributed by atoms with Gasteiger partial charge in [0, 0.05) is 18.0 Å². The number of nitrogens with two attached hydrogens (primary N) is 1. The molecule has 0 bridgehead atoms. The van der Waals surface area contributed by atoms with Crippen LogP contribution in [0.15, 0.2) is 54.6 Å². The molecule has 1 aliphatic rings. The van der Waals surface area contributed by atoms with Crippen molar-refractivity contribution < 1.29 is 14.3 Å². The lowest BCUT2D eigenvalue weighted by Gasteiger charge is -2.12. The predicted octanol–water partition coefficient (Wildman–Crippen LogP) is 4.04. The average Bonchev–Trinajstić information content (AvgIpc) is 3.43. The molecule has 0 aliphatic carbocycles. The quantitative estimate of drug-likeness (QED) is 0.505. The Bertz CT molecular complexity index is 987. The summed E-state index contributed by atoms with van der Waals surface area (Å²) in [7, 11) is 0. The van der Waals surface area contributed by atoms with Crippen LogP contribution in [0.2, 0.25) is 0 Å². The monoisotopic (exact) mass is 424 g/mol. The second-order valence-electron chi connectivity index (χ2n) is 6.96. The Kier molecular flexibility index (Phi) is 6.46. The third-order valence-electron chi connectivity index (χ3n) is 4.73. The van der Waals surface area contributed by atoms with Gasteiger partial charge in [-0.15, -0.1) is 11.3 Å². The molecule has 8 heteroatoms. The number of ether oxygens (including phenoxy) is 2. The highest BCUT2D eigenvalue weighted by molar-refractivity contribution is 7.13. The molecule has 156 valence electrons. The second kappa shape index (κ2) is 9.60. The van der Waals surface area contributed by atoms with Crippen molar-refractivity contribution in [1.82, 2.24) is 10.3 Å². The van der Waals surface area contributed by atoms with E-state index in [4.69, 9.17) is 15.2 Å². The Balaban J connectivity index is 1.29. The van der Waals surface area contributed by atoms with Crippen molar-refractivity contribution in [3.05, 3.63) is 65.0 Å². The van der Waals surface area contributed by atoms with Crippen LogP contribution in [-0.2, 0) is 11.3 Å². The summed E-state index contributed by atoms with van der Waals surface area (Å²) in [5, 5.41) is 6.87. The lowest BCUT2D eigenvalue weighted by molar-refractivity contribution is 0.0952. The first-order chi connectivity index (χ1) is 14.7. The Morgan fingerprint density at radius 1 is 1.20 bits per heavy atom. The lowest BCUT2D eigenvalue weighted by Crippen LogP contribution is -2.24. The minimum absolute atomic E-state index is 0.198. The van der Waals surface area contributed by atoms with Crippen LogP contribution in [0.5, 0.6) is 10.8 Å². The standard InChI is InChI=1S/C22H24N4O3S/c23-21-18(9-10-19(26-21)24-13-16-7-4-12-28-16)22(27)25-14-17-8-11-20(30-17)29-15-5-2-1-3-6-15/h1-3,5-6,8-11,16H,4,7,12-14H2,(H,25,27)(H3,23,24,26)/t16-/m1/s1. The summed E-state index contributed by atoms with van der Waals surface area (Å²) in [6.45, 7) is 1.88. The van der Waals surface area contributed by atoms with Crippen LogP contribution < -0.4 is 21.1 Å². The number of hydrogen-bond acceptors (Lipinski definition) is 7. The normalized spacial score (nSPS) is 15.7. The number of hydrogen-bond donors (Lipinski definition) is 3. The van der Waals surface area contributed by atoms with Gasteiger partial charge >= 0.3 is 0 Å². The highest BCUT2D eigenvalue weighted by atomic mass is 32.1. The van der Waals surface area contributed by atoms with Gasteiger partial charge in [0.15, 0.2) is 5.06 Å². The van der Waals surface area contributed by atoms with E-state index in [-0.39, 0.29) is 17.8 Å². The molecule has 1 aromatic carbocycles. The molecule has 3 aromatic rings. The highest BCUT2D eigenvalue weighted by Crippen LogP contribution is 2.29. The van der Waals surface area contributed by atoms with Gasteiger partial charge in [-0.2, -0.15) is 0 Å². The van der Waals surface area contributed by atoms with Gasteiger partial charge in [-0.05, 0) is 49.2 Å². The number of pyridine rings is 1. The van der Waals surface area contributed by atoms with Crippen molar-refractivity contribution in [2.75, 3.05) is 24.2 Å². The number of carbonyl (C=O) groups excluding carboxylic acids is 1. The molecule has 2 aromatic heterocycles. The van der Waals surface area contributed by atoms with E-state index in [0.29, 0.717) is 24.5 Å². The van der Waals surface area contributed by atoms with Crippen molar-refractivity contribution in [2.45, 2.75) is 25.5 Å². The number of aromatic nitrogens is 1. The zero-order valence-corrected chi connectivity index (χ0v) is 17.3. The fourth-order valence-electron chi connectivity index (χ4n) is 3.16. The topological polar surface area (TPSA) is 98.5 Å². The van der Waals surface area contributed by atoms with E-state index in [1.807, 2.05) is 42.5 Å². The summed E-state index contributed by atoms with van der Waals surface area (Å²) in [5.74, 6) is 1.36. The Morgan fingerprint density at radius 3 is 2.83 bits per heavy atom. The first-order valence-corrected chi connectivity index (χ1v) is 10.7. The summed E-state index contributed by atoms with van der Waals surface area (Å²) >= 11 is 1.48. The summed E-state index contributed by atoms with van der Waals surface area (Å²) in [4.78, 5) is 17.8. The van der Waals surface area contributed by atoms with Crippen LogP contribution in [0.25, 0.3) is 0 Å². The fourth-order valence-corrected chi connectivity index (χ4v) is 3.98. The Hall–Kier alpha value is -3.10. The van der Waals surface area contributed by atoms with E-state index in [9.17, 15) is 4.79 Å². The minimum Gasteiger partial charge on any atom is -0.447 e. The summed E-state index contributed by atoms with van der Waals surface area (Å²) in [6.07, 6.45) is 2.34. The number of nitrogens with zero attached hydrogens (tertiary/aromatic N) is 1. The molecule has 7 nitrogen and oxygen atoms in total. The van der Waals surface area contributed by atoms with Gasteiger partial charge in [0.25, 0.3) is 5.91 Å². The summed E-state index contributed by atoms with van der Waals surface area (Å²) in [6, 6.07) is 16.9. The fraction of sp³-hybridized carbons (Fsp3) is 0.273. The van der Waals surface area contributed by atoms with Crippen molar-refractivity contribution in [3.8, 4) is 10.8 Å². The number of para-hydroxylation sites is 1. The van der Waals surface area contributed by atoms with Crippen LogP contribution in [0, 0.1) is 0 Å². The van der Waals surface area contributed by atoms with Gasteiger partial charge in [-0.3, -0.25) is 4.79 Å². The van der Waals surface area contributed by atoms with Gasteiger partial charge in [-0.25, -0.2) is 4.98 Å². The molecule has 0 saturated carbocycles. The van der Waals surface area contributed by atoms with Crippen molar-refractivity contribution in [1.29, 1.82) is 0 Å². The third-order valence-corrected chi connectivity index (χ3v) is 5.69. The molecule has 4 N–H and O–H groups in total. The molecule has 1 aliphatic heterocycles. The molecule has 30 heavy (non-hydrogen) atoms. The Labute approximate surface area is 179 Å². The van der Waals surface area contributed by atoms with E-state index in [1.165, 1.54) is 11.3 Å². The lowest BCUT2D eigenvalue weighted by atomic mass is 10.2. The zero-order chi connectivity index (χ0) is 20.8. The van der Waals surface area contributed by atoms with Gasteiger partial charge in [0.05, 0.1) is 18.2 Å². The van der Waals surface area contributed by atoms with Crippen molar-refractivity contribution in [3.63, 3.8) is 0 Å². The minimum atomic E-state index is -0.260. The first-order valence-electron chi connectivity index (χ1n) is 9.89. The number of nitrogen functional groups attached to an aromatic ring is 1. The molecule has 0 spiro atoms. The Morgan fingerprint density at radius 2 is 2.07 bits per heavy atom. The van der Waals surface area contributed by atoms with Crippen molar-refractivity contribution in [2.24, 2.45) is 0 Å². The van der Waals surface area contributed by atoms with Gasteiger partial charge in [0.2, 0.25) is 0 Å². The number of thiophene rings is 1. The molecule has 1 saturated heterocycles. The molecule has 1 fully saturated rings. The molecule has 1 amide bonds. The van der Waals surface area contributed by atoms with Gasteiger partial charge in [0.1, 0.15) is 17.4 Å². The second-order valence-corrected chi connectivity index (χ2v) is 8.09. The molecular formula is C22H24N4O3S. The number of carbonyl (C=O) groups is 1. The number of nitrogens with one attached hydrogen (secondary N) is 2. The van der Waals surface area contributed by atoms with E-state index in [2.05, 4.69) is 15.6 Å². The van der Waals surface area contributed by atoms with Gasteiger partial charge < -0.3 is 25.8 Å². The van der Waals surface area contributed by atoms with Crippen LogP contribution >= 0.6 is 11.3 Å². The summed E-state index contributed by atoms with van der Waals surface area (Å²) < 4.78 is 11.4. The average molecular weight is 425 g/mol. The number of amides is 1. The molecule has 0 radical (unpaired) electrons. The van der Waals surface area contributed by atoms with Gasteiger partial charge in [-0.1, -0.05) is 18.2 Å². The zero-order valence-electron chi connectivity index (χ0n) is 16.5. The van der Waals surface area contributed by atoms with E-state index >= 15 is 0 Å². The maximum Gasteiger partial charge on any atom is 0.255 e. The summed E-state index contributed by atoms with van der Waals surface area (Å²) in [5.41, 5.74) is 6.36. The largest absolute Gasteiger partial charge is 0.447 e. The van der Waals surface area contributed by atoms with E-state index in [1.54, 1.807) is 12.1 Å². The molecule has 4 rings (SSSR count). The van der Waals surface area contributed by atoms with Crippen molar-refractivity contribution >= 4 is 28.9 Å². The first kappa shape index (κ1) is 20.2. The maximum absolute atomic E-state index is 12.5. The third kappa shape index (κ3) is 5.28. The number of rotatable bonds is 8. The molecule has 0 unspecified atom stereocenters. The van der Waals surface area contributed by atoms with E-state index in [0.717, 1.165) is 35.1 Å². The van der Waals surface area contributed by atoms with E-state index < -0.39 is 0 Å².